The van der Waals surface area contributed by atoms with Crippen LogP contribution in [0.15, 0.2) is 22.8 Å². The molecule has 0 aromatic carbocycles. The first kappa shape index (κ1) is 7.96. The molecule has 2 heteroatoms. The van der Waals surface area contributed by atoms with Crippen LogP contribution >= 0.6 is 0 Å². The van der Waals surface area contributed by atoms with Gasteiger partial charge in [-0.15, -0.1) is 0 Å². The summed E-state index contributed by atoms with van der Waals surface area (Å²) in [6.45, 7) is 4.05. The van der Waals surface area contributed by atoms with Gasteiger partial charge in [0.05, 0.1) is 11.3 Å². The summed E-state index contributed by atoms with van der Waals surface area (Å²) in [5.74, 6) is 2.24. The third kappa shape index (κ3) is 1.66. The predicted molar refractivity (Wildman–Crippen MR) is 45.2 cm³/mol. The average Bonchev–Trinajstić information content (AvgIpc) is 2.04. The van der Waals surface area contributed by atoms with E-state index in [4.69, 9.17) is 0 Å². The van der Waals surface area contributed by atoms with Gasteiger partial charge in [0.2, 0.25) is 0 Å². The van der Waals surface area contributed by atoms with Crippen LogP contribution in [0.4, 0.5) is 0 Å². The molecule has 0 atom stereocenters. The molecule has 0 N–H and O–H groups in total. The SMILES string of the molecule is CC(C)C1=NC=CCC1=C=O. The molecule has 0 aliphatic carbocycles. The minimum absolute atomic E-state index is 0.316. The van der Waals surface area contributed by atoms with Gasteiger partial charge in [0.1, 0.15) is 5.94 Å². The standard InChI is InChI=1S/C9H11NO/c1-7(2)9-8(6-11)4-3-5-10-9/h3,5,7H,4H2,1-2H3. The van der Waals surface area contributed by atoms with Crippen molar-refractivity contribution < 1.29 is 4.79 Å². The van der Waals surface area contributed by atoms with Gasteiger partial charge in [-0.2, -0.15) is 0 Å². The van der Waals surface area contributed by atoms with E-state index in [-0.39, 0.29) is 0 Å². The molecule has 1 rings (SSSR count). The van der Waals surface area contributed by atoms with E-state index in [1.165, 1.54) is 0 Å². The van der Waals surface area contributed by atoms with E-state index in [1.807, 2.05) is 25.9 Å². The van der Waals surface area contributed by atoms with Crippen LogP contribution in [0.3, 0.4) is 0 Å². The molecule has 0 saturated heterocycles. The Morgan fingerprint density at radius 3 is 2.82 bits per heavy atom. The minimum Gasteiger partial charge on any atom is -0.260 e. The minimum atomic E-state index is 0.316. The topological polar surface area (TPSA) is 29.4 Å². The largest absolute Gasteiger partial charge is 0.260 e. The van der Waals surface area contributed by atoms with Crippen LogP contribution in [0, 0.1) is 5.92 Å². The number of hydrogen-bond donors (Lipinski definition) is 0. The zero-order valence-corrected chi connectivity index (χ0v) is 6.79. The number of carbonyl (C=O) groups excluding carboxylic acids is 1. The third-order valence-corrected chi connectivity index (χ3v) is 1.62. The summed E-state index contributed by atoms with van der Waals surface area (Å²) < 4.78 is 0. The van der Waals surface area contributed by atoms with Crippen molar-refractivity contribution in [1.29, 1.82) is 0 Å². The first-order valence-corrected chi connectivity index (χ1v) is 3.72. The van der Waals surface area contributed by atoms with Gasteiger partial charge in [-0.05, 0) is 5.92 Å². The Hall–Kier alpha value is -1.14. The van der Waals surface area contributed by atoms with Crippen LogP contribution in [-0.4, -0.2) is 11.7 Å². The van der Waals surface area contributed by atoms with Crippen LogP contribution in [0.25, 0.3) is 0 Å². The first-order chi connectivity index (χ1) is 5.25. The van der Waals surface area contributed by atoms with Gasteiger partial charge >= 0.3 is 0 Å². The molecule has 11 heavy (non-hydrogen) atoms. The van der Waals surface area contributed by atoms with Crippen LogP contribution < -0.4 is 0 Å². The summed E-state index contributed by atoms with van der Waals surface area (Å²) in [6, 6.07) is 0. The van der Waals surface area contributed by atoms with Crippen molar-refractivity contribution >= 4 is 11.7 Å². The van der Waals surface area contributed by atoms with Gasteiger partial charge in [0.15, 0.2) is 0 Å². The van der Waals surface area contributed by atoms with E-state index < -0.39 is 0 Å². The van der Waals surface area contributed by atoms with Crippen molar-refractivity contribution in [3.05, 3.63) is 17.8 Å². The highest BCUT2D eigenvalue weighted by molar-refractivity contribution is 6.08. The quantitative estimate of drug-likeness (QED) is 0.522. The molecule has 0 aromatic heterocycles. The molecule has 1 aliphatic rings. The average molecular weight is 149 g/mol. The highest BCUT2D eigenvalue weighted by atomic mass is 16.1. The summed E-state index contributed by atoms with van der Waals surface area (Å²) in [7, 11) is 0. The molecule has 0 unspecified atom stereocenters. The zero-order valence-electron chi connectivity index (χ0n) is 6.79. The normalized spacial score (nSPS) is 16.6. The van der Waals surface area contributed by atoms with E-state index in [9.17, 15) is 4.79 Å². The lowest BCUT2D eigenvalue weighted by molar-refractivity contribution is 0.567. The maximum atomic E-state index is 10.4. The Morgan fingerprint density at radius 2 is 2.36 bits per heavy atom. The van der Waals surface area contributed by atoms with Gasteiger partial charge in [0, 0.05) is 12.6 Å². The molecule has 0 amide bonds. The number of rotatable bonds is 1. The van der Waals surface area contributed by atoms with Crippen molar-refractivity contribution in [2.75, 3.05) is 0 Å². The highest BCUT2D eigenvalue weighted by Gasteiger charge is 2.12. The Labute approximate surface area is 66.3 Å². The second kappa shape index (κ2) is 3.31. The predicted octanol–water partition coefficient (Wildman–Crippen LogP) is 1.76. The smallest absolute Gasteiger partial charge is 0.130 e. The van der Waals surface area contributed by atoms with Crippen molar-refractivity contribution in [2.24, 2.45) is 10.9 Å². The number of allylic oxidation sites excluding steroid dienone is 2. The van der Waals surface area contributed by atoms with E-state index in [2.05, 4.69) is 4.99 Å². The molecular formula is C9H11NO. The molecule has 0 spiro atoms. The first-order valence-electron chi connectivity index (χ1n) is 3.72. The van der Waals surface area contributed by atoms with Gasteiger partial charge in [0.25, 0.3) is 0 Å². The Kier molecular flexibility index (Phi) is 2.40. The molecule has 2 nitrogen and oxygen atoms in total. The molecule has 0 bridgehead atoms. The van der Waals surface area contributed by atoms with Crippen molar-refractivity contribution in [2.45, 2.75) is 20.3 Å². The summed E-state index contributed by atoms with van der Waals surface area (Å²) >= 11 is 0. The summed E-state index contributed by atoms with van der Waals surface area (Å²) in [4.78, 5) is 14.5. The van der Waals surface area contributed by atoms with Gasteiger partial charge < -0.3 is 0 Å². The Bertz CT molecular complexity index is 255. The Morgan fingerprint density at radius 1 is 1.64 bits per heavy atom. The molecule has 1 heterocycles. The maximum Gasteiger partial charge on any atom is 0.130 e. The molecule has 0 aromatic rings. The third-order valence-electron chi connectivity index (χ3n) is 1.62. The van der Waals surface area contributed by atoms with Gasteiger partial charge in [-0.25, -0.2) is 4.79 Å². The lowest BCUT2D eigenvalue weighted by atomic mass is 9.97. The van der Waals surface area contributed by atoms with Crippen molar-refractivity contribution in [3.8, 4) is 0 Å². The molecule has 0 fully saturated rings. The second-order valence-corrected chi connectivity index (χ2v) is 2.84. The fourth-order valence-electron chi connectivity index (χ4n) is 1.08. The van der Waals surface area contributed by atoms with Crippen molar-refractivity contribution in [1.82, 2.24) is 0 Å². The molecular weight excluding hydrogens is 138 g/mol. The lowest BCUT2D eigenvalue weighted by Crippen LogP contribution is -2.12. The van der Waals surface area contributed by atoms with E-state index in [0.29, 0.717) is 17.9 Å². The number of hydrogen-bond acceptors (Lipinski definition) is 2. The highest BCUT2D eigenvalue weighted by Crippen LogP contribution is 2.14. The molecule has 0 radical (unpaired) electrons. The second-order valence-electron chi connectivity index (χ2n) is 2.84. The number of aliphatic imine (C=N–C) groups is 1. The van der Waals surface area contributed by atoms with E-state index in [1.54, 1.807) is 6.20 Å². The van der Waals surface area contributed by atoms with Crippen LogP contribution in [0.2, 0.25) is 0 Å². The summed E-state index contributed by atoms with van der Waals surface area (Å²) in [5.41, 5.74) is 1.57. The summed E-state index contributed by atoms with van der Waals surface area (Å²) in [6.07, 6.45) is 4.29. The molecule has 0 saturated carbocycles. The van der Waals surface area contributed by atoms with Crippen LogP contribution in [0.1, 0.15) is 20.3 Å². The fourth-order valence-corrected chi connectivity index (χ4v) is 1.08. The molecule has 1 aliphatic heterocycles. The Balaban J connectivity index is 2.97. The van der Waals surface area contributed by atoms with Gasteiger partial charge in [-0.3, -0.25) is 4.99 Å². The molecule has 58 valence electrons. The van der Waals surface area contributed by atoms with Crippen LogP contribution in [0.5, 0.6) is 0 Å². The van der Waals surface area contributed by atoms with E-state index >= 15 is 0 Å². The van der Waals surface area contributed by atoms with Crippen molar-refractivity contribution in [3.63, 3.8) is 0 Å². The fraction of sp³-hybridized carbons (Fsp3) is 0.444. The van der Waals surface area contributed by atoms with E-state index in [0.717, 1.165) is 5.71 Å². The maximum absolute atomic E-state index is 10.4. The van der Waals surface area contributed by atoms with Crippen LogP contribution in [-0.2, 0) is 4.79 Å². The van der Waals surface area contributed by atoms with Gasteiger partial charge in [-0.1, -0.05) is 19.9 Å². The zero-order chi connectivity index (χ0) is 8.27. The summed E-state index contributed by atoms with van der Waals surface area (Å²) in [5, 5.41) is 0. The lowest BCUT2D eigenvalue weighted by Gasteiger charge is -2.11. The monoisotopic (exact) mass is 149 g/mol. The number of nitrogens with zero attached hydrogens (tertiary/aromatic N) is 1.